The number of benzene rings is 1. The van der Waals surface area contributed by atoms with Crippen LogP contribution >= 0.6 is 63.7 Å². The summed E-state index contributed by atoms with van der Waals surface area (Å²) in [4.78, 5) is 3.25. The van der Waals surface area contributed by atoms with Crippen molar-refractivity contribution in [2.24, 2.45) is 0 Å². The molecule has 0 aliphatic rings. The van der Waals surface area contributed by atoms with Gasteiger partial charge in [0.1, 0.15) is 5.75 Å². The van der Waals surface area contributed by atoms with Gasteiger partial charge in [0.25, 0.3) is 0 Å². The topological polar surface area (TPSA) is 25.0 Å². The summed E-state index contributed by atoms with van der Waals surface area (Å²) in [5.41, 5.74) is 1.95. The summed E-state index contributed by atoms with van der Waals surface area (Å²) < 4.78 is 9.14. The first-order valence-corrected chi connectivity index (χ1v) is 7.78. The molecule has 1 aromatic carbocycles. The van der Waals surface area contributed by atoms with Crippen LogP contribution in [0.3, 0.4) is 0 Å². The lowest BCUT2D eigenvalue weighted by Gasteiger charge is -2.09. The quantitative estimate of drug-likeness (QED) is 0.573. The Kier molecular flexibility index (Phi) is 4.39. The fourth-order valence-corrected chi connectivity index (χ4v) is 3.52. The van der Waals surface area contributed by atoms with Gasteiger partial charge in [-0.15, -0.1) is 0 Å². The van der Waals surface area contributed by atoms with E-state index in [-0.39, 0.29) is 0 Å². The number of hydrogen-bond donors (Lipinski definition) is 1. The van der Waals surface area contributed by atoms with Crippen LogP contribution in [-0.2, 0) is 0 Å². The molecule has 0 saturated heterocycles. The van der Waals surface area contributed by atoms with E-state index in [1.165, 1.54) is 0 Å². The maximum Gasteiger partial charge on any atom is 0.142 e. The van der Waals surface area contributed by atoms with Crippen molar-refractivity contribution >= 4 is 63.7 Å². The van der Waals surface area contributed by atoms with Gasteiger partial charge in [-0.3, -0.25) is 0 Å². The van der Waals surface area contributed by atoms with Crippen molar-refractivity contribution in [2.45, 2.75) is 0 Å². The summed E-state index contributed by atoms with van der Waals surface area (Å²) in [6, 6.07) is 5.92. The maximum absolute atomic E-state index is 5.42. The van der Waals surface area contributed by atoms with Gasteiger partial charge in [-0.1, -0.05) is 6.07 Å². The molecule has 90 valence electrons. The Morgan fingerprint density at radius 3 is 2.29 bits per heavy atom. The van der Waals surface area contributed by atoms with Crippen LogP contribution in [0.5, 0.6) is 5.75 Å². The average Bonchev–Trinajstić information content (AvgIpc) is 2.56. The minimum atomic E-state index is 0.800. The SMILES string of the molecule is COc1c(Br)cccc1-c1[nH]c(Br)c(Br)c1Br. The predicted molar refractivity (Wildman–Crippen MR) is 83.6 cm³/mol. The monoisotopic (exact) mass is 485 g/mol. The Labute approximate surface area is 133 Å². The minimum absolute atomic E-state index is 0.800. The molecule has 1 aromatic heterocycles. The molecule has 2 rings (SSSR count). The fourth-order valence-electron chi connectivity index (χ4n) is 1.52. The molecule has 0 atom stereocenters. The number of hydrogen-bond acceptors (Lipinski definition) is 1. The standard InChI is InChI=1S/C11H7Br4NO/c1-17-10-5(3-2-4-6(10)12)9-7(13)8(14)11(15)16-9/h2-4,16H,1H3. The molecule has 0 unspecified atom stereocenters. The van der Waals surface area contributed by atoms with Crippen LogP contribution in [-0.4, -0.2) is 12.1 Å². The van der Waals surface area contributed by atoms with Crippen LogP contribution in [0.1, 0.15) is 0 Å². The van der Waals surface area contributed by atoms with E-state index in [0.717, 1.165) is 35.0 Å². The molecular formula is C11H7Br4NO. The molecule has 0 bridgehead atoms. The maximum atomic E-state index is 5.42. The lowest BCUT2D eigenvalue weighted by atomic mass is 10.1. The summed E-state index contributed by atoms with van der Waals surface area (Å²) in [6.07, 6.45) is 0. The molecule has 0 saturated carbocycles. The lowest BCUT2D eigenvalue weighted by molar-refractivity contribution is 0.413. The van der Waals surface area contributed by atoms with Crippen molar-refractivity contribution in [1.29, 1.82) is 0 Å². The molecular weight excluding hydrogens is 482 g/mol. The van der Waals surface area contributed by atoms with Gasteiger partial charge in [0.2, 0.25) is 0 Å². The summed E-state index contributed by atoms with van der Waals surface area (Å²) in [7, 11) is 1.66. The van der Waals surface area contributed by atoms with Crippen LogP contribution in [0.2, 0.25) is 0 Å². The zero-order valence-electron chi connectivity index (χ0n) is 8.65. The van der Waals surface area contributed by atoms with Crippen molar-refractivity contribution in [1.82, 2.24) is 4.98 Å². The van der Waals surface area contributed by atoms with Crippen molar-refractivity contribution < 1.29 is 4.74 Å². The van der Waals surface area contributed by atoms with E-state index in [0.29, 0.717) is 0 Å². The van der Waals surface area contributed by atoms with Gasteiger partial charge in [0.05, 0.1) is 30.8 Å². The Bertz CT molecular complexity index is 565. The molecule has 0 fully saturated rings. The molecule has 17 heavy (non-hydrogen) atoms. The number of H-pyrrole nitrogens is 1. The Morgan fingerprint density at radius 1 is 1.06 bits per heavy atom. The van der Waals surface area contributed by atoms with Gasteiger partial charge in [-0.2, -0.15) is 0 Å². The molecule has 6 heteroatoms. The highest BCUT2D eigenvalue weighted by Crippen LogP contribution is 2.43. The second-order valence-electron chi connectivity index (χ2n) is 3.26. The summed E-state index contributed by atoms with van der Waals surface area (Å²) in [5.74, 6) is 0.800. The van der Waals surface area contributed by atoms with Crippen molar-refractivity contribution in [3.63, 3.8) is 0 Å². The highest BCUT2D eigenvalue weighted by atomic mass is 79.9. The van der Waals surface area contributed by atoms with Crippen LogP contribution < -0.4 is 4.74 Å². The molecule has 0 aliphatic heterocycles. The number of methoxy groups -OCH3 is 1. The van der Waals surface area contributed by atoms with Gasteiger partial charge >= 0.3 is 0 Å². The number of aromatic amines is 1. The first-order chi connectivity index (χ1) is 8.06. The van der Waals surface area contributed by atoms with Crippen LogP contribution in [0.15, 0.2) is 36.2 Å². The van der Waals surface area contributed by atoms with Crippen LogP contribution in [0.4, 0.5) is 0 Å². The van der Waals surface area contributed by atoms with E-state index in [4.69, 9.17) is 4.74 Å². The third-order valence-corrected chi connectivity index (χ3v) is 6.15. The van der Waals surface area contributed by atoms with E-state index < -0.39 is 0 Å². The Balaban J connectivity index is 2.68. The normalized spacial score (nSPS) is 10.6. The Morgan fingerprint density at radius 2 is 1.76 bits per heavy atom. The van der Waals surface area contributed by atoms with E-state index in [1.807, 2.05) is 18.2 Å². The number of halogens is 4. The number of aromatic nitrogens is 1. The van der Waals surface area contributed by atoms with E-state index >= 15 is 0 Å². The van der Waals surface area contributed by atoms with E-state index in [1.54, 1.807) is 7.11 Å². The molecule has 0 amide bonds. The number of ether oxygens (including phenoxy) is 1. The van der Waals surface area contributed by atoms with Crippen LogP contribution in [0, 0.1) is 0 Å². The molecule has 1 N–H and O–H groups in total. The first kappa shape index (κ1) is 13.6. The van der Waals surface area contributed by atoms with Crippen molar-refractivity contribution in [3.05, 3.63) is 36.2 Å². The molecule has 0 aliphatic carbocycles. The van der Waals surface area contributed by atoms with Crippen molar-refractivity contribution in [3.8, 4) is 17.0 Å². The lowest BCUT2D eigenvalue weighted by Crippen LogP contribution is -1.89. The third kappa shape index (κ3) is 2.50. The zero-order chi connectivity index (χ0) is 12.6. The number of rotatable bonds is 2. The highest BCUT2D eigenvalue weighted by Gasteiger charge is 2.17. The summed E-state index contributed by atoms with van der Waals surface area (Å²) in [6.45, 7) is 0. The molecule has 2 nitrogen and oxygen atoms in total. The molecule has 0 radical (unpaired) electrons. The highest BCUT2D eigenvalue weighted by molar-refractivity contribution is 9.14. The minimum Gasteiger partial charge on any atom is -0.495 e. The number of nitrogens with one attached hydrogen (secondary N) is 1. The largest absolute Gasteiger partial charge is 0.495 e. The van der Waals surface area contributed by atoms with Gasteiger partial charge in [-0.05, 0) is 75.9 Å². The van der Waals surface area contributed by atoms with E-state index in [2.05, 4.69) is 68.7 Å². The van der Waals surface area contributed by atoms with E-state index in [9.17, 15) is 0 Å². The smallest absolute Gasteiger partial charge is 0.142 e. The average molecular weight is 489 g/mol. The second-order valence-corrected chi connectivity index (χ2v) is 6.50. The Hall–Kier alpha value is 0.220. The molecule has 2 aromatic rings. The number of para-hydroxylation sites is 1. The third-order valence-electron chi connectivity index (χ3n) is 2.28. The summed E-state index contributed by atoms with van der Waals surface area (Å²) in [5, 5.41) is 0. The molecule has 1 heterocycles. The van der Waals surface area contributed by atoms with Gasteiger partial charge < -0.3 is 9.72 Å². The van der Waals surface area contributed by atoms with Crippen LogP contribution in [0.25, 0.3) is 11.3 Å². The summed E-state index contributed by atoms with van der Waals surface area (Å²) >= 11 is 14.0. The second kappa shape index (κ2) is 5.47. The zero-order valence-corrected chi connectivity index (χ0v) is 15.0. The van der Waals surface area contributed by atoms with Gasteiger partial charge in [-0.25, -0.2) is 0 Å². The predicted octanol–water partition coefficient (Wildman–Crippen LogP) is 5.74. The first-order valence-electron chi connectivity index (χ1n) is 4.61. The molecule has 0 spiro atoms. The van der Waals surface area contributed by atoms with Crippen molar-refractivity contribution in [2.75, 3.05) is 7.11 Å². The van der Waals surface area contributed by atoms with Gasteiger partial charge in [0, 0.05) is 5.56 Å². The fraction of sp³-hybridized carbons (Fsp3) is 0.0909. The van der Waals surface area contributed by atoms with Gasteiger partial charge in [0.15, 0.2) is 0 Å².